The average molecular weight is 498 g/mol. The highest BCUT2D eigenvalue weighted by Gasteiger charge is 2.48. The number of alkyl halides is 1. The summed E-state index contributed by atoms with van der Waals surface area (Å²) in [5.74, 6) is -1.15. The fraction of sp³-hybridized carbons (Fsp3) is 0.423. The summed E-state index contributed by atoms with van der Waals surface area (Å²) in [6.45, 7) is 0. The normalized spacial score (nSPS) is 25.1. The molecule has 6 rings (SSSR count). The molecule has 188 valence electrons. The van der Waals surface area contributed by atoms with Gasteiger partial charge in [0.2, 0.25) is 11.8 Å². The van der Waals surface area contributed by atoms with Crippen LogP contribution in [0.25, 0.3) is 22.4 Å². The third-order valence-corrected chi connectivity index (χ3v) is 7.41. The third kappa shape index (κ3) is 4.13. The van der Waals surface area contributed by atoms with Crippen molar-refractivity contribution in [1.29, 1.82) is 0 Å². The Kier molecular flexibility index (Phi) is 5.70. The van der Waals surface area contributed by atoms with Gasteiger partial charge < -0.3 is 20.1 Å². The van der Waals surface area contributed by atoms with Crippen molar-refractivity contribution in [2.45, 2.75) is 62.4 Å². The van der Waals surface area contributed by atoms with Gasteiger partial charge in [-0.3, -0.25) is 4.98 Å². The first-order valence-corrected chi connectivity index (χ1v) is 12.2. The van der Waals surface area contributed by atoms with Crippen LogP contribution in [-0.2, 0) is 0 Å². The van der Waals surface area contributed by atoms with E-state index in [0.29, 0.717) is 11.9 Å². The molecule has 36 heavy (non-hydrogen) atoms. The zero-order chi connectivity index (χ0) is 25.0. The lowest BCUT2D eigenvalue weighted by molar-refractivity contribution is 0.171. The molecule has 0 spiro atoms. The number of phenols is 1. The van der Waals surface area contributed by atoms with Crippen molar-refractivity contribution in [3.05, 3.63) is 48.4 Å². The molecule has 4 heterocycles. The molecule has 0 radical (unpaired) electrons. The molecular formula is C26H26F3N5O2. The average Bonchev–Trinajstić information content (AvgIpc) is 3.63. The van der Waals surface area contributed by atoms with Crippen LogP contribution < -0.4 is 15.0 Å². The number of piperidine rings is 1. The number of benzene rings is 1. The minimum atomic E-state index is -0.979. The monoisotopic (exact) mass is 497 g/mol. The molecule has 0 amide bonds. The smallest absolute Gasteiger partial charge is 0.216 e. The number of pyridine rings is 1. The molecule has 2 N–H and O–H groups in total. The number of ether oxygens (including phenoxy) is 1. The Morgan fingerprint density at radius 1 is 1.03 bits per heavy atom. The van der Waals surface area contributed by atoms with Crippen LogP contribution in [0.1, 0.15) is 32.1 Å². The van der Waals surface area contributed by atoms with E-state index in [9.17, 15) is 9.50 Å². The third-order valence-electron chi connectivity index (χ3n) is 7.41. The predicted molar refractivity (Wildman–Crippen MR) is 128 cm³/mol. The standard InChI is InChI=1S/C26H26F3N5O2/c1-36-25-7-13(6-23(28)33-25)16-10-22(35)17(9-18(16)27)20-11-31-24(12-30-20)34(15-3-4-15)21-8-14-2-5-19(32-14)26(21)29/h6-7,9-12,14-15,19,21,26,32,35H,2-5,8H2,1H3/t14-,19+,21-,26+/m0/s1. The van der Waals surface area contributed by atoms with Crippen LogP contribution in [0.4, 0.5) is 19.0 Å². The van der Waals surface area contributed by atoms with Crippen LogP contribution in [-0.4, -0.2) is 57.5 Å². The maximum Gasteiger partial charge on any atom is 0.216 e. The highest BCUT2D eigenvalue weighted by molar-refractivity contribution is 5.75. The predicted octanol–water partition coefficient (Wildman–Crippen LogP) is 4.40. The van der Waals surface area contributed by atoms with E-state index in [4.69, 9.17) is 4.74 Å². The number of phenolic OH excluding ortho intramolecular Hbond substituents is 1. The molecule has 1 aromatic carbocycles. The summed E-state index contributed by atoms with van der Waals surface area (Å²) in [5.41, 5.74) is 0.600. The number of anilines is 1. The zero-order valence-corrected chi connectivity index (χ0v) is 19.7. The molecule has 1 aliphatic carbocycles. The van der Waals surface area contributed by atoms with Gasteiger partial charge in [-0.1, -0.05) is 0 Å². The van der Waals surface area contributed by atoms with Crippen molar-refractivity contribution in [1.82, 2.24) is 20.3 Å². The minimum absolute atomic E-state index is 0.00476. The Hall–Kier alpha value is -3.40. The van der Waals surface area contributed by atoms with Crippen molar-refractivity contribution >= 4 is 5.82 Å². The highest BCUT2D eigenvalue weighted by atomic mass is 19.1. The van der Waals surface area contributed by atoms with Crippen LogP contribution in [0.15, 0.2) is 36.7 Å². The molecular weight excluding hydrogens is 471 g/mol. The molecule has 3 aromatic rings. The number of aromatic hydroxyl groups is 1. The largest absolute Gasteiger partial charge is 0.507 e. The van der Waals surface area contributed by atoms with Crippen molar-refractivity contribution in [2.24, 2.45) is 0 Å². The lowest BCUT2D eigenvalue weighted by Gasteiger charge is -2.41. The first kappa shape index (κ1) is 23.0. The number of fused-ring (bicyclic) bond motifs is 2. The van der Waals surface area contributed by atoms with E-state index >= 15 is 8.78 Å². The second kappa shape index (κ2) is 8.92. The van der Waals surface area contributed by atoms with E-state index in [2.05, 4.69) is 25.2 Å². The van der Waals surface area contributed by atoms with Crippen molar-refractivity contribution in [3.63, 3.8) is 0 Å². The highest BCUT2D eigenvalue weighted by Crippen LogP contribution is 2.41. The topological polar surface area (TPSA) is 83.4 Å². The van der Waals surface area contributed by atoms with Gasteiger partial charge >= 0.3 is 0 Å². The number of nitrogens with one attached hydrogen (secondary N) is 1. The number of halogens is 3. The zero-order valence-electron chi connectivity index (χ0n) is 19.7. The summed E-state index contributed by atoms with van der Waals surface area (Å²) in [6, 6.07) is 5.00. The second-order valence-corrected chi connectivity index (χ2v) is 9.76. The molecule has 10 heteroatoms. The van der Waals surface area contributed by atoms with Crippen LogP contribution >= 0.6 is 0 Å². The SMILES string of the molecule is COc1cc(-c2cc(O)c(-c3cnc(N(C4CC4)[C@H]4C[C@@H]5CC[C@@H](N5)[C@H]4F)cn3)cc2F)cc(F)n1. The van der Waals surface area contributed by atoms with E-state index in [-0.39, 0.29) is 52.1 Å². The Labute approximate surface area is 206 Å². The molecule has 7 nitrogen and oxygen atoms in total. The molecule has 3 fully saturated rings. The first-order valence-electron chi connectivity index (χ1n) is 12.2. The van der Waals surface area contributed by atoms with E-state index in [1.165, 1.54) is 25.4 Å². The van der Waals surface area contributed by atoms with Crippen LogP contribution in [0.3, 0.4) is 0 Å². The van der Waals surface area contributed by atoms with Gasteiger partial charge in [-0.15, -0.1) is 0 Å². The van der Waals surface area contributed by atoms with Crippen LogP contribution in [0.2, 0.25) is 0 Å². The first-order chi connectivity index (χ1) is 17.4. The quantitative estimate of drug-likeness (QED) is 0.489. The Morgan fingerprint density at radius 3 is 2.58 bits per heavy atom. The van der Waals surface area contributed by atoms with E-state index < -0.39 is 17.9 Å². The van der Waals surface area contributed by atoms with Gasteiger partial charge in [-0.2, -0.15) is 9.37 Å². The van der Waals surface area contributed by atoms with Crippen molar-refractivity contribution < 1.29 is 23.0 Å². The number of hydrogen-bond acceptors (Lipinski definition) is 7. The molecule has 2 bridgehead atoms. The fourth-order valence-electron chi connectivity index (χ4n) is 5.54. The van der Waals surface area contributed by atoms with Crippen LogP contribution in [0, 0.1) is 11.8 Å². The lowest BCUT2D eigenvalue weighted by atomic mass is 9.96. The van der Waals surface area contributed by atoms with Gasteiger partial charge in [0.25, 0.3) is 0 Å². The maximum atomic E-state index is 15.3. The molecule has 3 aliphatic rings. The summed E-state index contributed by atoms with van der Waals surface area (Å²) in [6.07, 6.45) is 6.61. The van der Waals surface area contributed by atoms with Gasteiger partial charge in [0.05, 0.1) is 31.2 Å². The summed E-state index contributed by atoms with van der Waals surface area (Å²) in [5, 5.41) is 14.0. The van der Waals surface area contributed by atoms with Crippen molar-refractivity contribution in [2.75, 3.05) is 12.0 Å². The number of rotatable bonds is 6. The van der Waals surface area contributed by atoms with Gasteiger partial charge in [-0.05, 0) is 49.8 Å². The number of hydrogen-bond donors (Lipinski definition) is 2. The molecule has 0 unspecified atom stereocenters. The lowest BCUT2D eigenvalue weighted by Crippen LogP contribution is -2.57. The number of nitrogens with zero attached hydrogens (tertiary/aromatic N) is 4. The van der Waals surface area contributed by atoms with Crippen LogP contribution in [0.5, 0.6) is 11.6 Å². The fourth-order valence-corrected chi connectivity index (χ4v) is 5.54. The molecule has 1 saturated carbocycles. The van der Waals surface area contributed by atoms with Crippen molar-refractivity contribution in [3.8, 4) is 34.0 Å². The molecule has 2 aromatic heterocycles. The Morgan fingerprint density at radius 2 is 1.86 bits per heavy atom. The second-order valence-electron chi connectivity index (χ2n) is 9.76. The van der Waals surface area contributed by atoms with Gasteiger partial charge in [0.1, 0.15) is 23.6 Å². The number of methoxy groups -OCH3 is 1. The van der Waals surface area contributed by atoms with E-state index in [1.54, 1.807) is 6.20 Å². The summed E-state index contributed by atoms with van der Waals surface area (Å²) in [4.78, 5) is 14.6. The Balaban J connectivity index is 1.29. The summed E-state index contributed by atoms with van der Waals surface area (Å²) < 4.78 is 49.1. The Bertz CT molecular complexity index is 1290. The summed E-state index contributed by atoms with van der Waals surface area (Å²) in [7, 11) is 1.33. The van der Waals surface area contributed by atoms with E-state index in [0.717, 1.165) is 44.2 Å². The molecule has 2 aliphatic heterocycles. The van der Waals surface area contributed by atoms with Gasteiger partial charge in [-0.25, -0.2) is 13.8 Å². The van der Waals surface area contributed by atoms with E-state index in [1.807, 2.05) is 0 Å². The number of aromatic nitrogens is 3. The maximum absolute atomic E-state index is 15.3. The van der Waals surface area contributed by atoms with Gasteiger partial charge in [0.15, 0.2) is 0 Å². The summed E-state index contributed by atoms with van der Waals surface area (Å²) >= 11 is 0. The van der Waals surface area contributed by atoms with Gasteiger partial charge in [0, 0.05) is 41.4 Å². The molecule has 2 saturated heterocycles. The molecule has 4 atom stereocenters. The minimum Gasteiger partial charge on any atom is -0.507 e.